The van der Waals surface area contributed by atoms with Crippen LogP contribution in [0.1, 0.15) is 33.1 Å². The second-order valence-electron chi connectivity index (χ2n) is 4.69. The number of amides is 2. The van der Waals surface area contributed by atoms with E-state index in [1.165, 1.54) is 19.3 Å². The predicted molar refractivity (Wildman–Crippen MR) is 56.1 cm³/mol. The minimum Gasteiger partial charge on any atom is -0.343 e. The molecule has 1 N–H and O–H groups in total. The van der Waals surface area contributed by atoms with E-state index in [-0.39, 0.29) is 23.9 Å². The quantitative estimate of drug-likeness (QED) is 0.722. The van der Waals surface area contributed by atoms with Crippen molar-refractivity contribution in [2.45, 2.75) is 45.2 Å². The first kappa shape index (κ1) is 10.5. The molecule has 0 aromatic heterocycles. The molecule has 4 heteroatoms. The summed E-state index contributed by atoms with van der Waals surface area (Å²) in [4.78, 5) is 25.2. The molecule has 1 aliphatic heterocycles. The van der Waals surface area contributed by atoms with Crippen LogP contribution in [0, 0.1) is 5.92 Å². The van der Waals surface area contributed by atoms with Crippen molar-refractivity contribution in [1.29, 1.82) is 0 Å². The highest BCUT2D eigenvalue weighted by atomic mass is 16.2. The van der Waals surface area contributed by atoms with Gasteiger partial charge in [-0.2, -0.15) is 0 Å². The largest absolute Gasteiger partial charge is 0.343 e. The van der Waals surface area contributed by atoms with E-state index in [1.807, 2.05) is 0 Å². The van der Waals surface area contributed by atoms with Crippen molar-refractivity contribution in [3.05, 3.63) is 0 Å². The summed E-state index contributed by atoms with van der Waals surface area (Å²) in [7, 11) is 0. The maximum absolute atomic E-state index is 11.9. The molecular formula is C11H18N2O2. The van der Waals surface area contributed by atoms with Crippen molar-refractivity contribution >= 4 is 11.8 Å². The van der Waals surface area contributed by atoms with Gasteiger partial charge in [0.25, 0.3) is 0 Å². The molecule has 2 rings (SSSR count). The molecule has 0 radical (unpaired) electrons. The van der Waals surface area contributed by atoms with E-state index in [2.05, 4.69) is 5.32 Å². The average Bonchev–Trinajstić information content (AvgIpc) is 2.12. The molecule has 1 saturated heterocycles. The maximum Gasteiger partial charge on any atom is 0.245 e. The number of nitrogens with one attached hydrogen (secondary N) is 1. The molecule has 2 fully saturated rings. The van der Waals surface area contributed by atoms with Gasteiger partial charge in [0.2, 0.25) is 11.8 Å². The summed E-state index contributed by atoms with van der Waals surface area (Å²) in [5.74, 6) is 0.657. The molecule has 0 spiro atoms. The summed E-state index contributed by atoms with van der Waals surface area (Å²) in [6.45, 7) is 4.31. The van der Waals surface area contributed by atoms with E-state index in [4.69, 9.17) is 0 Å². The summed E-state index contributed by atoms with van der Waals surface area (Å²) < 4.78 is 0. The fourth-order valence-electron chi connectivity index (χ4n) is 2.18. The number of carbonyl (C=O) groups is 2. The third kappa shape index (κ3) is 1.85. The third-order valence-corrected chi connectivity index (χ3v) is 3.54. The van der Waals surface area contributed by atoms with Crippen molar-refractivity contribution < 1.29 is 9.59 Å². The highest BCUT2D eigenvalue weighted by molar-refractivity contribution is 5.96. The van der Waals surface area contributed by atoms with Crippen molar-refractivity contribution in [2.75, 3.05) is 6.54 Å². The average molecular weight is 210 g/mol. The highest BCUT2D eigenvalue weighted by Crippen LogP contribution is 2.28. The molecule has 15 heavy (non-hydrogen) atoms. The van der Waals surface area contributed by atoms with Gasteiger partial charge in [-0.15, -0.1) is 0 Å². The molecule has 1 saturated carbocycles. The number of rotatable bonds is 2. The lowest BCUT2D eigenvalue weighted by Gasteiger charge is -2.40. The van der Waals surface area contributed by atoms with Crippen molar-refractivity contribution in [2.24, 2.45) is 5.92 Å². The Labute approximate surface area is 90.0 Å². The fourth-order valence-corrected chi connectivity index (χ4v) is 2.18. The lowest BCUT2D eigenvalue weighted by molar-refractivity contribution is -0.149. The zero-order valence-electron chi connectivity index (χ0n) is 9.32. The van der Waals surface area contributed by atoms with E-state index in [0.29, 0.717) is 5.92 Å². The standard InChI is InChI=1S/C11H18N2O2/c1-7-11(15)13(6-9-4-3-5-9)8(2)10(14)12-7/h7-9H,3-6H2,1-2H3,(H,12,14). The first-order valence-corrected chi connectivity index (χ1v) is 5.70. The molecule has 2 unspecified atom stereocenters. The van der Waals surface area contributed by atoms with Crippen LogP contribution in [0.3, 0.4) is 0 Å². The van der Waals surface area contributed by atoms with Crippen LogP contribution in [0.5, 0.6) is 0 Å². The van der Waals surface area contributed by atoms with Crippen LogP contribution in [0.2, 0.25) is 0 Å². The molecule has 0 bridgehead atoms. The number of carbonyl (C=O) groups excluding carboxylic acids is 2. The fraction of sp³-hybridized carbons (Fsp3) is 0.818. The second kappa shape index (κ2) is 3.83. The molecule has 2 amide bonds. The summed E-state index contributed by atoms with van der Waals surface area (Å²) in [6.07, 6.45) is 3.67. The number of hydrogen-bond donors (Lipinski definition) is 1. The normalized spacial score (nSPS) is 32.5. The number of nitrogens with zero attached hydrogens (tertiary/aromatic N) is 1. The predicted octanol–water partition coefficient (Wildman–Crippen LogP) is 0.522. The topological polar surface area (TPSA) is 49.4 Å². The molecule has 0 aromatic carbocycles. The molecule has 2 aliphatic rings. The maximum atomic E-state index is 11.9. The van der Waals surface area contributed by atoms with E-state index < -0.39 is 0 Å². The van der Waals surface area contributed by atoms with Gasteiger partial charge in [0.05, 0.1) is 0 Å². The Kier molecular flexibility index (Phi) is 2.67. The van der Waals surface area contributed by atoms with Crippen molar-refractivity contribution in [3.63, 3.8) is 0 Å². The summed E-state index contributed by atoms with van der Waals surface area (Å²) in [5, 5.41) is 2.69. The van der Waals surface area contributed by atoms with E-state index in [0.717, 1.165) is 6.54 Å². The second-order valence-corrected chi connectivity index (χ2v) is 4.69. The highest BCUT2D eigenvalue weighted by Gasteiger charge is 2.37. The lowest BCUT2D eigenvalue weighted by Crippen LogP contribution is -2.62. The van der Waals surface area contributed by atoms with Crippen LogP contribution < -0.4 is 5.32 Å². The van der Waals surface area contributed by atoms with Crippen LogP contribution >= 0.6 is 0 Å². The van der Waals surface area contributed by atoms with Gasteiger partial charge in [-0.05, 0) is 32.6 Å². The first-order valence-electron chi connectivity index (χ1n) is 5.70. The Bertz CT molecular complexity index is 286. The zero-order valence-corrected chi connectivity index (χ0v) is 9.32. The smallest absolute Gasteiger partial charge is 0.245 e. The van der Waals surface area contributed by atoms with Crippen LogP contribution in [0.4, 0.5) is 0 Å². The minimum atomic E-state index is -0.353. The van der Waals surface area contributed by atoms with Gasteiger partial charge in [-0.3, -0.25) is 9.59 Å². The Morgan fingerprint density at radius 2 is 2.00 bits per heavy atom. The Hall–Kier alpha value is -1.06. The van der Waals surface area contributed by atoms with Gasteiger partial charge in [0, 0.05) is 6.54 Å². The lowest BCUT2D eigenvalue weighted by atomic mass is 9.84. The van der Waals surface area contributed by atoms with E-state index in [1.54, 1.807) is 18.7 Å². The van der Waals surface area contributed by atoms with Crippen LogP contribution in [-0.2, 0) is 9.59 Å². The number of piperazine rings is 1. The Morgan fingerprint density at radius 3 is 2.53 bits per heavy atom. The van der Waals surface area contributed by atoms with Crippen LogP contribution in [0.25, 0.3) is 0 Å². The molecule has 4 nitrogen and oxygen atoms in total. The molecule has 1 aliphatic carbocycles. The van der Waals surface area contributed by atoms with Gasteiger partial charge in [0.1, 0.15) is 12.1 Å². The van der Waals surface area contributed by atoms with Gasteiger partial charge >= 0.3 is 0 Å². The van der Waals surface area contributed by atoms with Gasteiger partial charge in [-0.1, -0.05) is 6.42 Å². The van der Waals surface area contributed by atoms with Crippen molar-refractivity contribution in [1.82, 2.24) is 10.2 Å². The zero-order chi connectivity index (χ0) is 11.0. The summed E-state index contributed by atoms with van der Waals surface area (Å²) >= 11 is 0. The molecule has 2 atom stereocenters. The Morgan fingerprint density at radius 1 is 1.33 bits per heavy atom. The molecule has 0 aromatic rings. The van der Waals surface area contributed by atoms with Gasteiger partial charge in [0.15, 0.2) is 0 Å². The van der Waals surface area contributed by atoms with Gasteiger partial charge < -0.3 is 10.2 Å². The van der Waals surface area contributed by atoms with E-state index >= 15 is 0 Å². The first-order chi connectivity index (χ1) is 7.09. The SMILES string of the molecule is CC1NC(=O)C(C)N(CC2CCC2)C1=O. The molecule has 1 heterocycles. The molecule has 84 valence electrons. The minimum absolute atomic E-state index is 0.0265. The summed E-state index contributed by atoms with van der Waals surface area (Å²) in [6, 6.07) is -0.650. The van der Waals surface area contributed by atoms with Crippen molar-refractivity contribution in [3.8, 4) is 0 Å². The van der Waals surface area contributed by atoms with Crippen LogP contribution in [0.15, 0.2) is 0 Å². The Balaban J connectivity index is 2.04. The van der Waals surface area contributed by atoms with E-state index in [9.17, 15) is 9.59 Å². The van der Waals surface area contributed by atoms with Crippen LogP contribution in [-0.4, -0.2) is 35.3 Å². The third-order valence-electron chi connectivity index (χ3n) is 3.54. The summed E-state index contributed by atoms with van der Waals surface area (Å²) in [5.41, 5.74) is 0. The molecular weight excluding hydrogens is 192 g/mol. The number of hydrogen-bond acceptors (Lipinski definition) is 2. The monoisotopic (exact) mass is 210 g/mol. The van der Waals surface area contributed by atoms with Gasteiger partial charge in [-0.25, -0.2) is 0 Å².